The minimum absolute atomic E-state index is 0.500. The Balaban J connectivity index is 2.58. The number of rotatable bonds is 5. The molecule has 1 aliphatic rings. The molecule has 0 bridgehead atoms. The second kappa shape index (κ2) is 6.68. The third-order valence-electron chi connectivity index (χ3n) is 3.45. The van der Waals surface area contributed by atoms with E-state index in [1.165, 1.54) is 6.26 Å². The van der Waals surface area contributed by atoms with Gasteiger partial charge in [-0.25, -0.2) is 12.7 Å². The maximum Gasteiger partial charge on any atom is 0.211 e. The molecule has 0 aromatic carbocycles. The van der Waals surface area contributed by atoms with Crippen molar-refractivity contribution in [2.24, 2.45) is 5.73 Å². The van der Waals surface area contributed by atoms with Gasteiger partial charge >= 0.3 is 0 Å². The summed E-state index contributed by atoms with van der Waals surface area (Å²) in [5.41, 5.74) is 5.61. The highest BCUT2D eigenvalue weighted by atomic mass is 32.2. The third-order valence-corrected chi connectivity index (χ3v) is 4.75. The van der Waals surface area contributed by atoms with Gasteiger partial charge < -0.3 is 5.73 Å². The van der Waals surface area contributed by atoms with Crippen molar-refractivity contribution in [2.75, 3.05) is 39.0 Å². The molecule has 6 heteroatoms. The van der Waals surface area contributed by atoms with Crippen LogP contribution < -0.4 is 5.73 Å². The average molecular weight is 263 g/mol. The highest BCUT2D eigenvalue weighted by Gasteiger charge is 2.24. The van der Waals surface area contributed by atoms with Crippen LogP contribution >= 0.6 is 0 Å². The Kier molecular flexibility index (Phi) is 5.85. The molecule has 1 fully saturated rings. The Hall–Kier alpha value is -0.170. The van der Waals surface area contributed by atoms with E-state index in [0.29, 0.717) is 25.7 Å². The number of hydrogen-bond acceptors (Lipinski definition) is 4. The number of nitrogens with two attached hydrogens (primary N) is 1. The molecule has 5 nitrogen and oxygen atoms in total. The maximum absolute atomic E-state index is 11.5. The van der Waals surface area contributed by atoms with Gasteiger partial charge in [-0.3, -0.25) is 4.90 Å². The summed E-state index contributed by atoms with van der Waals surface area (Å²) in [7, 11) is -3.04. The zero-order chi connectivity index (χ0) is 12.9. The van der Waals surface area contributed by atoms with Crippen molar-refractivity contribution in [3.63, 3.8) is 0 Å². The molecule has 1 heterocycles. The van der Waals surface area contributed by atoms with E-state index in [9.17, 15) is 8.42 Å². The van der Waals surface area contributed by atoms with Crippen molar-refractivity contribution in [3.8, 4) is 0 Å². The van der Waals surface area contributed by atoms with Gasteiger partial charge in [0.25, 0.3) is 0 Å². The lowest BCUT2D eigenvalue weighted by atomic mass is 10.1. The minimum atomic E-state index is -3.04. The molecule has 17 heavy (non-hydrogen) atoms. The van der Waals surface area contributed by atoms with E-state index in [4.69, 9.17) is 5.73 Å². The standard InChI is InChI=1S/C11H25N3O2S/c1-3-11(5-6-12)13-7-4-8-14(10-9-13)17(2,15)16/h11H,3-10,12H2,1-2H3. The van der Waals surface area contributed by atoms with Gasteiger partial charge in [-0.15, -0.1) is 0 Å². The molecule has 1 unspecified atom stereocenters. The Morgan fingerprint density at radius 1 is 1.24 bits per heavy atom. The fraction of sp³-hybridized carbons (Fsp3) is 1.00. The topological polar surface area (TPSA) is 66.6 Å². The van der Waals surface area contributed by atoms with Crippen molar-refractivity contribution in [1.29, 1.82) is 0 Å². The first-order chi connectivity index (χ1) is 7.99. The summed E-state index contributed by atoms with van der Waals surface area (Å²) in [5.74, 6) is 0. The van der Waals surface area contributed by atoms with Crippen LogP contribution in [0.5, 0.6) is 0 Å². The second-order valence-corrected chi connectivity index (χ2v) is 6.67. The van der Waals surface area contributed by atoms with E-state index >= 15 is 0 Å². The van der Waals surface area contributed by atoms with Crippen LogP contribution in [0, 0.1) is 0 Å². The molecule has 0 aromatic heterocycles. The molecule has 1 saturated heterocycles. The Bertz CT molecular complexity index is 319. The lowest BCUT2D eigenvalue weighted by Gasteiger charge is -2.29. The van der Waals surface area contributed by atoms with Gasteiger partial charge in [0, 0.05) is 25.7 Å². The normalized spacial score (nSPS) is 22.3. The molecule has 0 spiro atoms. The predicted octanol–water partition coefficient (Wildman–Crippen LogP) is 0.0811. The molecular weight excluding hydrogens is 238 g/mol. The highest BCUT2D eigenvalue weighted by molar-refractivity contribution is 7.88. The fourth-order valence-electron chi connectivity index (χ4n) is 2.45. The van der Waals surface area contributed by atoms with Gasteiger partial charge in [-0.2, -0.15) is 0 Å². The third kappa shape index (κ3) is 4.54. The molecule has 1 aliphatic heterocycles. The van der Waals surface area contributed by atoms with Crippen LogP contribution in [-0.2, 0) is 10.0 Å². The average Bonchev–Trinajstić information content (AvgIpc) is 2.50. The zero-order valence-electron chi connectivity index (χ0n) is 10.9. The van der Waals surface area contributed by atoms with Gasteiger partial charge in [0.15, 0.2) is 0 Å². The van der Waals surface area contributed by atoms with Gasteiger partial charge in [-0.1, -0.05) is 6.92 Å². The van der Waals surface area contributed by atoms with E-state index in [1.54, 1.807) is 4.31 Å². The van der Waals surface area contributed by atoms with E-state index in [1.807, 2.05) is 0 Å². The van der Waals surface area contributed by atoms with Crippen molar-refractivity contribution in [1.82, 2.24) is 9.21 Å². The summed E-state index contributed by atoms with van der Waals surface area (Å²) in [6, 6.07) is 0.500. The molecule has 2 N–H and O–H groups in total. The molecule has 0 amide bonds. The van der Waals surface area contributed by atoms with E-state index in [-0.39, 0.29) is 0 Å². The minimum Gasteiger partial charge on any atom is -0.330 e. The molecule has 1 atom stereocenters. The van der Waals surface area contributed by atoms with Gasteiger partial charge in [-0.05, 0) is 32.4 Å². The fourth-order valence-corrected chi connectivity index (χ4v) is 3.32. The van der Waals surface area contributed by atoms with Gasteiger partial charge in [0.2, 0.25) is 10.0 Å². The van der Waals surface area contributed by atoms with Crippen molar-refractivity contribution >= 4 is 10.0 Å². The smallest absolute Gasteiger partial charge is 0.211 e. The van der Waals surface area contributed by atoms with Crippen molar-refractivity contribution in [2.45, 2.75) is 32.2 Å². The van der Waals surface area contributed by atoms with Crippen LogP contribution in [0.4, 0.5) is 0 Å². The molecular formula is C11H25N3O2S. The molecule has 0 aliphatic carbocycles. The highest BCUT2D eigenvalue weighted by Crippen LogP contribution is 2.13. The zero-order valence-corrected chi connectivity index (χ0v) is 11.7. The molecule has 102 valence electrons. The predicted molar refractivity (Wildman–Crippen MR) is 70.4 cm³/mol. The summed E-state index contributed by atoms with van der Waals surface area (Å²) in [4.78, 5) is 2.39. The van der Waals surface area contributed by atoms with Crippen molar-refractivity contribution in [3.05, 3.63) is 0 Å². The summed E-state index contributed by atoms with van der Waals surface area (Å²) >= 11 is 0. The first kappa shape index (κ1) is 14.9. The monoisotopic (exact) mass is 263 g/mol. The lowest BCUT2D eigenvalue weighted by molar-refractivity contribution is 0.192. The SMILES string of the molecule is CCC(CCN)N1CCCN(S(C)(=O)=O)CC1. The quantitative estimate of drug-likeness (QED) is 0.763. The molecule has 0 aromatic rings. The Morgan fingerprint density at radius 2 is 1.94 bits per heavy atom. The van der Waals surface area contributed by atoms with E-state index in [0.717, 1.165) is 32.4 Å². The van der Waals surface area contributed by atoms with Crippen LogP contribution in [-0.4, -0.2) is 62.6 Å². The van der Waals surface area contributed by atoms with Crippen LogP contribution in [0.25, 0.3) is 0 Å². The van der Waals surface area contributed by atoms with Crippen LogP contribution in [0.1, 0.15) is 26.2 Å². The molecule has 0 radical (unpaired) electrons. The van der Waals surface area contributed by atoms with E-state index in [2.05, 4.69) is 11.8 Å². The van der Waals surface area contributed by atoms with Crippen LogP contribution in [0.3, 0.4) is 0 Å². The Morgan fingerprint density at radius 3 is 2.47 bits per heavy atom. The Labute approximate surface area is 105 Å². The molecule has 0 saturated carbocycles. The summed E-state index contributed by atoms with van der Waals surface area (Å²) in [6.45, 7) is 5.93. The van der Waals surface area contributed by atoms with Gasteiger partial charge in [0.05, 0.1) is 6.26 Å². The lowest BCUT2D eigenvalue weighted by Crippen LogP contribution is -2.40. The van der Waals surface area contributed by atoms with Crippen LogP contribution in [0.2, 0.25) is 0 Å². The van der Waals surface area contributed by atoms with E-state index < -0.39 is 10.0 Å². The summed E-state index contributed by atoms with van der Waals surface area (Å²) < 4.78 is 24.6. The number of sulfonamides is 1. The summed E-state index contributed by atoms with van der Waals surface area (Å²) in [5, 5.41) is 0. The van der Waals surface area contributed by atoms with Crippen LogP contribution in [0.15, 0.2) is 0 Å². The van der Waals surface area contributed by atoms with Gasteiger partial charge in [0.1, 0.15) is 0 Å². The number of nitrogens with zero attached hydrogens (tertiary/aromatic N) is 2. The maximum atomic E-state index is 11.5. The first-order valence-corrected chi connectivity index (χ1v) is 8.23. The van der Waals surface area contributed by atoms with Crippen molar-refractivity contribution < 1.29 is 8.42 Å². The first-order valence-electron chi connectivity index (χ1n) is 6.38. The number of hydrogen-bond donors (Lipinski definition) is 1. The largest absolute Gasteiger partial charge is 0.330 e. The second-order valence-electron chi connectivity index (χ2n) is 4.69. The summed E-state index contributed by atoms with van der Waals surface area (Å²) in [6.07, 6.45) is 4.28. The molecule has 1 rings (SSSR count).